The van der Waals surface area contributed by atoms with Crippen molar-refractivity contribution in [2.24, 2.45) is 0 Å². The smallest absolute Gasteiger partial charge is 0.379 e. The second-order valence-electron chi connectivity index (χ2n) is 5.66. The highest BCUT2D eigenvalue weighted by atomic mass is 32.1. The zero-order valence-corrected chi connectivity index (χ0v) is 13.3. The van der Waals surface area contributed by atoms with Crippen molar-refractivity contribution < 1.29 is 22.7 Å². The Hall–Kier alpha value is -1.19. The van der Waals surface area contributed by atoms with Gasteiger partial charge in [-0.15, -0.1) is 11.3 Å². The molecular weight excluding hydrogens is 331 g/mol. The van der Waals surface area contributed by atoms with Gasteiger partial charge in [-0.3, -0.25) is 9.69 Å². The number of hydrogen-bond acceptors (Lipinski definition) is 5. The summed E-state index contributed by atoms with van der Waals surface area (Å²) < 4.78 is 44.8. The minimum Gasteiger partial charge on any atom is -0.379 e. The number of nitrogens with one attached hydrogen (secondary N) is 1. The van der Waals surface area contributed by atoms with Gasteiger partial charge in [0.05, 0.1) is 18.9 Å². The van der Waals surface area contributed by atoms with E-state index < -0.39 is 24.7 Å². The Morgan fingerprint density at radius 1 is 1.35 bits per heavy atom. The lowest BCUT2D eigenvalue weighted by atomic mass is 10.2. The average molecular weight is 349 g/mol. The van der Waals surface area contributed by atoms with Crippen molar-refractivity contribution in [1.82, 2.24) is 15.2 Å². The maximum atomic E-state index is 13.2. The van der Waals surface area contributed by atoms with Gasteiger partial charge in [-0.25, -0.2) is 4.98 Å². The summed E-state index contributed by atoms with van der Waals surface area (Å²) in [5.41, 5.74) is 0.917. The minimum absolute atomic E-state index is 0.214. The number of carbonyl (C=O) groups is 1. The van der Waals surface area contributed by atoms with Crippen LogP contribution in [0.25, 0.3) is 0 Å². The van der Waals surface area contributed by atoms with E-state index in [4.69, 9.17) is 4.74 Å². The number of thiazole rings is 1. The number of hydrogen-bond donors (Lipinski definition) is 1. The largest absolute Gasteiger partial charge is 0.405 e. The van der Waals surface area contributed by atoms with Crippen molar-refractivity contribution in [1.29, 1.82) is 0 Å². The first-order chi connectivity index (χ1) is 10.9. The zero-order chi connectivity index (χ0) is 16.4. The summed E-state index contributed by atoms with van der Waals surface area (Å²) in [4.78, 5) is 18.7. The van der Waals surface area contributed by atoms with Gasteiger partial charge in [-0.1, -0.05) is 0 Å². The fourth-order valence-electron chi connectivity index (χ4n) is 2.89. The van der Waals surface area contributed by atoms with E-state index in [-0.39, 0.29) is 31.3 Å². The molecule has 0 unspecified atom stereocenters. The standard InChI is InChI=1S/C14H18F3N3O2S/c15-14(16,17)11(20-4-6-22-7-5-20)8-18-12(21)13-19-9-2-1-3-10(9)23-13/h11H,1-8H2,(H,18,21)/t11-/m0/s1. The van der Waals surface area contributed by atoms with E-state index in [9.17, 15) is 18.0 Å². The SMILES string of the molecule is O=C(NC[C@H](N1CCOCC1)C(F)(F)F)c1nc2c(s1)CCC2. The van der Waals surface area contributed by atoms with Gasteiger partial charge in [-0.2, -0.15) is 13.2 Å². The third-order valence-electron chi connectivity index (χ3n) is 4.11. The predicted octanol–water partition coefficient (Wildman–Crippen LogP) is 1.62. The molecule has 0 spiro atoms. The van der Waals surface area contributed by atoms with Gasteiger partial charge in [0, 0.05) is 24.5 Å². The molecule has 1 aliphatic carbocycles. The number of carbonyl (C=O) groups excluding carboxylic acids is 1. The third kappa shape index (κ3) is 3.84. The van der Waals surface area contributed by atoms with Gasteiger partial charge in [-0.05, 0) is 19.3 Å². The van der Waals surface area contributed by atoms with E-state index in [1.165, 1.54) is 16.2 Å². The molecule has 1 atom stereocenters. The quantitative estimate of drug-likeness (QED) is 0.898. The second kappa shape index (κ2) is 6.74. The molecular formula is C14H18F3N3O2S. The Balaban J connectivity index is 1.62. The number of rotatable bonds is 4. The van der Waals surface area contributed by atoms with Crippen LogP contribution in [-0.4, -0.2) is 60.9 Å². The van der Waals surface area contributed by atoms with Gasteiger partial charge in [0.25, 0.3) is 5.91 Å². The topological polar surface area (TPSA) is 54.5 Å². The second-order valence-corrected chi connectivity index (χ2v) is 6.74. The summed E-state index contributed by atoms with van der Waals surface area (Å²) >= 11 is 1.29. The molecule has 23 heavy (non-hydrogen) atoms. The summed E-state index contributed by atoms with van der Waals surface area (Å²) in [7, 11) is 0. The molecule has 9 heteroatoms. The fourth-order valence-corrected chi connectivity index (χ4v) is 3.96. The lowest BCUT2D eigenvalue weighted by Crippen LogP contribution is -2.55. The highest BCUT2D eigenvalue weighted by Gasteiger charge is 2.44. The molecule has 1 fully saturated rings. The number of nitrogens with zero attached hydrogens (tertiary/aromatic N) is 2. The van der Waals surface area contributed by atoms with Gasteiger partial charge in [0.1, 0.15) is 6.04 Å². The summed E-state index contributed by atoms with van der Waals surface area (Å²) in [5.74, 6) is -0.521. The molecule has 1 aromatic rings. The zero-order valence-electron chi connectivity index (χ0n) is 12.5. The number of alkyl halides is 3. The van der Waals surface area contributed by atoms with E-state index >= 15 is 0 Å². The highest BCUT2D eigenvalue weighted by Crippen LogP contribution is 2.28. The summed E-state index contributed by atoms with van der Waals surface area (Å²) in [5, 5.41) is 2.66. The van der Waals surface area contributed by atoms with Crippen LogP contribution in [0.4, 0.5) is 13.2 Å². The molecule has 1 N–H and O–H groups in total. The van der Waals surface area contributed by atoms with Crippen LogP contribution in [-0.2, 0) is 17.6 Å². The molecule has 5 nitrogen and oxygen atoms in total. The van der Waals surface area contributed by atoms with E-state index in [1.54, 1.807) is 0 Å². The van der Waals surface area contributed by atoms with Crippen LogP contribution in [0, 0.1) is 0 Å². The molecule has 128 valence electrons. The van der Waals surface area contributed by atoms with E-state index in [2.05, 4.69) is 10.3 Å². The molecule has 0 saturated carbocycles. The van der Waals surface area contributed by atoms with Crippen molar-refractivity contribution in [2.75, 3.05) is 32.8 Å². The molecule has 2 heterocycles. The van der Waals surface area contributed by atoms with Crippen LogP contribution in [0.2, 0.25) is 0 Å². The first kappa shape index (κ1) is 16.7. The van der Waals surface area contributed by atoms with Crippen molar-refractivity contribution in [3.05, 3.63) is 15.6 Å². The lowest BCUT2D eigenvalue weighted by Gasteiger charge is -2.35. The predicted molar refractivity (Wildman–Crippen MR) is 78.7 cm³/mol. The molecule has 1 aliphatic heterocycles. The van der Waals surface area contributed by atoms with Crippen LogP contribution in [0.3, 0.4) is 0 Å². The summed E-state index contributed by atoms with van der Waals surface area (Å²) in [6, 6.07) is -1.69. The van der Waals surface area contributed by atoms with Crippen LogP contribution in [0.5, 0.6) is 0 Å². The molecule has 1 amide bonds. The van der Waals surface area contributed by atoms with Crippen LogP contribution < -0.4 is 5.32 Å². The molecule has 3 rings (SSSR count). The number of aryl methyl sites for hydroxylation is 2. The highest BCUT2D eigenvalue weighted by molar-refractivity contribution is 7.13. The summed E-state index contributed by atoms with van der Waals surface area (Å²) in [6.07, 6.45) is -1.62. The van der Waals surface area contributed by atoms with Gasteiger partial charge in [0.15, 0.2) is 5.01 Å². The Labute approximate surface area is 135 Å². The third-order valence-corrected chi connectivity index (χ3v) is 5.27. The first-order valence-corrected chi connectivity index (χ1v) is 8.42. The average Bonchev–Trinajstić information content (AvgIpc) is 3.08. The van der Waals surface area contributed by atoms with Gasteiger partial charge < -0.3 is 10.1 Å². The van der Waals surface area contributed by atoms with Crippen molar-refractivity contribution in [3.8, 4) is 0 Å². The van der Waals surface area contributed by atoms with Crippen LogP contribution in [0.1, 0.15) is 26.8 Å². The Bertz CT molecular complexity index is 549. The van der Waals surface area contributed by atoms with Crippen molar-refractivity contribution in [2.45, 2.75) is 31.5 Å². The van der Waals surface area contributed by atoms with E-state index in [1.807, 2.05) is 0 Å². The minimum atomic E-state index is -4.39. The van der Waals surface area contributed by atoms with Crippen LogP contribution in [0.15, 0.2) is 0 Å². The van der Waals surface area contributed by atoms with Crippen molar-refractivity contribution in [3.63, 3.8) is 0 Å². The normalized spacial score (nSPS) is 20.3. The van der Waals surface area contributed by atoms with Crippen LogP contribution >= 0.6 is 11.3 Å². The maximum absolute atomic E-state index is 13.2. The first-order valence-electron chi connectivity index (χ1n) is 7.60. The monoisotopic (exact) mass is 349 g/mol. The number of amides is 1. The molecule has 1 saturated heterocycles. The number of halogens is 3. The van der Waals surface area contributed by atoms with E-state index in [0.29, 0.717) is 0 Å². The van der Waals surface area contributed by atoms with Gasteiger partial charge >= 0.3 is 6.18 Å². The molecule has 0 bridgehead atoms. The Kier molecular flexibility index (Phi) is 4.88. The maximum Gasteiger partial charge on any atom is 0.405 e. The van der Waals surface area contributed by atoms with E-state index in [0.717, 1.165) is 29.8 Å². The Morgan fingerprint density at radius 3 is 2.74 bits per heavy atom. The number of aromatic nitrogens is 1. The molecule has 0 radical (unpaired) electrons. The number of ether oxygens (including phenoxy) is 1. The van der Waals surface area contributed by atoms with Crippen molar-refractivity contribution >= 4 is 17.2 Å². The number of fused-ring (bicyclic) bond motifs is 1. The molecule has 0 aromatic carbocycles. The lowest BCUT2D eigenvalue weighted by molar-refractivity contribution is -0.189. The van der Waals surface area contributed by atoms with Gasteiger partial charge in [0.2, 0.25) is 0 Å². The Morgan fingerprint density at radius 2 is 2.09 bits per heavy atom. The fraction of sp³-hybridized carbons (Fsp3) is 0.714. The molecule has 1 aromatic heterocycles. The number of morpholine rings is 1. The summed E-state index contributed by atoms with van der Waals surface area (Å²) in [6.45, 7) is 0.517. The molecule has 2 aliphatic rings.